The number of carbonyl (C=O) groups is 2. The summed E-state index contributed by atoms with van der Waals surface area (Å²) < 4.78 is 6.81. The Morgan fingerprint density at radius 3 is 2.53 bits per heavy atom. The number of hydrogen-bond donors (Lipinski definition) is 2. The lowest BCUT2D eigenvalue weighted by molar-refractivity contribution is -0.124. The summed E-state index contributed by atoms with van der Waals surface area (Å²) in [7, 11) is 1.58. The molecule has 3 aromatic rings. The molecule has 0 saturated carbocycles. The molecule has 4 rings (SSSR count). The van der Waals surface area contributed by atoms with Crippen molar-refractivity contribution >= 4 is 11.9 Å². The summed E-state index contributed by atoms with van der Waals surface area (Å²) in [6.07, 6.45) is 4.94. The fourth-order valence-corrected chi connectivity index (χ4v) is 3.65. The van der Waals surface area contributed by atoms with Crippen molar-refractivity contribution in [2.24, 2.45) is 0 Å². The first-order valence-electron chi connectivity index (χ1n) is 9.33. The Hall–Kier alpha value is -3.94. The fourth-order valence-electron chi connectivity index (χ4n) is 3.65. The Morgan fingerprint density at radius 1 is 1.10 bits per heavy atom. The predicted octanol–water partition coefficient (Wildman–Crippen LogP) is 1.96. The molecule has 8 nitrogen and oxygen atoms in total. The van der Waals surface area contributed by atoms with Crippen LogP contribution in [0.25, 0.3) is 11.1 Å². The maximum Gasteiger partial charge on any atom is 0.322 e. The number of aryl methyl sites for hydroxylation is 1. The van der Waals surface area contributed by atoms with Crippen molar-refractivity contribution < 1.29 is 14.3 Å². The number of ether oxygens (including phenoxy) is 1. The standard InChI is InChI=1S/C22H20N4O4/c1-14-4-3-11-26(19(14)27)13-22(20(28)24-21(29)25-22)16-7-5-15(6-8-16)17-12-23-10-9-18(17)30-2/h3-12H,13H2,1-2H3,(H2,24,25,28,29). The number of imide groups is 1. The van der Waals surface area contributed by atoms with E-state index < -0.39 is 17.5 Å². The highest BCUT2D eigenvalue weighted by Crippen LogP contribution is 2.32. The first-order chi connectivity index (χ1) is 14.4. The highest BCUT2D eigenvalue weighted by molar-refractivity contribution is 6.07. The van der Waals surface area contributed by atoms with Gasteiger partial charge in [-0.1, -0.05) is 30.3 Å². The van der Waals surface area contributed by atoms with Gasteiger partial charge in [0, 0.05) is 29.7 Å². The molecule has 1 aliphatic rings. The smallest absolute Gasteiger partial charge is 0.322 e. The van der Waals surface area contributed by atoms with Gasteiger partial charge in [0.15, 0.2) is 5.54 Å². The van der Waals surface area contributed by atoms with Gasteiger partial charge in [-0.2, -0.15) is 0 Å². The number of pyridine rings is 2. The Kier molecular flexibility index (Phi) is 4.83. The van der Waals surface area contributed by atoms with Crippen LogP contribution in [0.5, 0.6) is 5.75 Å². The molecule has 1 aromatic carbocycles. The number of benzene rings is 1. The van der Waals surface area contributed by atoms with E-state index in [2.05, 4.69) is 15.6 Å². The third-order valence-electron chi connectivity index (χ3n) is 5.25. The monoisotopic (exact) mass is 404 g/mol. The molecular formula is C22H20N4O4. The molecule has 8 heteroatoms. The van der Waals surface area contributed by atoms with Gasteiger partial charge in [0.05, 0.1) is 13.7 Å². The maximum absolute atomic E-state index is 12.8. The molecule has 1 saturated heterocycles. The first kappa shape index (κ1) is 19.4. The minimum atomic E-state index is -1.40. The number of nitrogens with zero attached hydrogens (tertiary/aromatic N) is 2. The quantitative estimate of drug-likeness (QED) is 0.633. The molecule has 2 aromatic heterocycles. The molecule has 0 radical (unpaired) electrons. The summed E-state index contributed by atoms with van der Waals surface area (Å²) in [5.74, 6) is 0.165. The third kappa shape index (κ3) is 3.22. The summed E-state index contributed by atoms with van der Waals surface area (Å²) >= 11 is 0. The van der Waals surface area contributed by atoms with Crippen LogP contribution < -0.4 is 20.9 Å². The van der Waals surface area contributed by atoms with E-state index in [0.717, 1.165) is 11.1 Å². The van der Waals surface area contributed by atoms with Crippen molar-refractivity contribution in [3.05, 3.63) is 82.5 Å². The van der Waals surface area contributed by atoms with Gasteiger partial charge in [-0.05, 0) is 30.2 Å². The number of carbonyl (C=O) groups excluding carboxylic acids is 2. The second-order valence-corrected chi connectivity index (χ2v) is 7.09. The van der Waals surface area contributed by atoms with Crippen LogP contribution in [0.15, 0.2) is 65.8 Å². The molecule has 3 heterocycles. The van der Waals surface area contributed by atoms with E-state index in [0.29, 0.717) is 16.9 Å². The van der Waals surface area contributed by atoms with E-state index in [1.54, 1.807) is 63.0 Å². The van der Waals surface area contributed by atoms with E-state index in [9.17, 15) is 14.4 Å². The van der Waals surface area contributed by atoms with Crippen molar-refractivity contribution in [2.45, 2.75) is 19.0 Å². The van der Waals surface area contributed by atoms with E-state index in [-0.39, 0.29) is 12.1 Å². The zero-order valence-corrected chi connectivity index (χ0v) is 16.5. The van der Waals surface area contributed by atoms with Gasteiger partial charge in [0.1, 0.15) is 5.75 Å². The van der Waals surface area contributed by atoms with E-state index in [4.69, 9.17) is 4.74 Å². The Bertz CT molecular complexity index is 1190. The third-order valence-corrected chi connectivity index (χ3v) is 5.25. The van der Waals surface area contributed by atoms with Gasteiger partial charge in [-0.25, -0.2) is 4.79 Å². The Labute approximate surface area is 172 Å². The molecule has 0 bridgehead atoms. The van der Waals surface area contributed by atoms with Gasteiger partial charge in [-0.3, -0.25) is 19.9 Å². The first-order valence-corrected chi connectivity index (χ1v) is 9.33. The van der Waals surface area contributed by atoms with Crippen molar-refractivity contribution in [1.82, 2.24) is 20.2 Å². The highest BCUT2D eigenvalue weighted by atomic mass is 16.5. The highest BCUT2D eigenvalue weighted by Gasteiger charge is 2.48. The molecule has 1 aliphatic heterocycles. The fraction of sp³-hybridized carbons (Fsp3) is 0.182. The van der Waals surface area contributed by atoms with Crippen LogP contribution in [0.3, 0.4) is 0 Å². The topological polar surface area (TPSA) is 102 Å². The average molecular weight is 404 g/mol. The SMILES string of the molecule is COc1ccncc1-c1ccc(C2(Cn3cccc(C)c3=O)NC(=O)NC2=O)cc1. The molecule has 1 atom stereocenters. The van der Waals surface area contributed by atoms with Gasteiger partial charge >= 0.3 is 6.03 Å². The lowest BCUT2D eigenvalue weighted by atomic mass is 9.88. The van der Waals surface area contributed by atoms with E-state index >= 15 is 0 Å². The number of rotatable bonds is 5. The van der Waals surface area contributed by atoms with Gasteiger partial charge in [0.25, 0.3) is 11.5 Å². The van der Waals surface area contributed by atoms with Crippen LogP contribution in [-0.4, -0.2) is 28.6 Å². The van der Waals surface area contributed by atoms with E-state index in [1.165, 1.54) is 4.57 Å². The largest absolute Gasteiger partial charge is 0.496 e. The van der Waals surface area contributed by atoms with Gasteiger partial charge < -0.3 is 14.6 Å². The number of aromatic nitrogens is 2. The van der Waals surface area contributed by atoms with Crippen molar-refractivity contribution in [2.75, 3.05) is 7.11 Å². The van der Waals surface area contributed by atoms with Crippen LogP contribution in [0.1, 0.15) is 11.1 Å². The predicted molar refractivity (Wildman–Crippen MR) is 110 cm³/mol. The second-order valence-electron chi connectivity index (χ2n) is 7.09. The Balaban J connectivity index is 1.77. The molecule has 30 heavy (non-hydrogen) atoms. The van der Waals surface area contributed by atoms with Crippen LogP contribution >= 0.6 is 0 Å². The van der Waals surface area contributed by atoms with Gasteiger partial charge in [-0.15, -0.1) is 0 Å². The van der Waals surface area contributed by atoms with E-state index in [1.807, 2.05) is 12.1 Å². The Morgan fingerprint density at radius 2 is 1.87 bits per heavy atom. The normalized spacial score (nSPS) is 18.1. The lowest BCUT2D eigenvalue weighted by Gasteiger charge is -2.27. The van der Waals surface area contributed by atoms with Crippen molar-refractivity contribution in [3.8, 4) is 16.9 Å². The second kappa shape index (κ2) is 7.47. The molecule has 0 aliphatic carbocycles. The van der Waals surface area contributed by atoms with Crippen LogP contribution in [-0.2, 0) is 16.9 Å². The molecule has 1 unspecified atom stereocenters. The molecule has 2 N–H and O–H groups in total. The summed E-state index contributed by atoms with van der Waals surface area (Å²) in [6.45, 7) is 1.68. The van der Waals surface area contributed by atoms with Crippen molar-refractivity contribution in [3.63, 3.8) is 0 Å². The number of amides is 3. The number of hydrogen-bond acceptors (Lipinski definition) is 5. The summed E-state index contributed by atoms with van der Waals surface area (Å²) in [4.78, 5) is 41.5. The summed E-state index contributed by atoms with van der Waals surface area (Å²) in [6, 6.07) is 11.8. The number of nitrogens with one attached hydrogen (secondary N) is 2. The molecule has 0 spiro atoms. The minimum Gasteiger partial charge on any atom is -0.496 e. The minimum absolute atomic E-state index is 0.0271. The molecule has 3 amide bonds. The summed E-state index contributed by atoms with van der Waals surface area (Å²) in [5, 5.41) is 5.00. The van der Waals surface area contributed by atoms with Gasteiger partial charge in [0.2, 0.25) is 0 Å². The van der Waals surface area contributed by atoms with Crippen LogP contribution in [0.4, 0.5) is 4.79 Å². The summed E-state index contributed by atoms with van der Waals surface area (Å²) in [5.41, 5.74) is 1.14. The average Bonchev–Trinajstić information content (AvgIpc) is 3.05. The molecule has 1 fully saturated rings. The number of methoxy groups -OCH3 is 1. The van der Waals surface area contributed by atoms with Crippen LogP contribution in [0, 0.1) is 6.92 Å². The van der Waals surface area contributed by atoms with Crippen molar-refractivity contribution in [1.29, 1.82) is 0 Å². The lowest BCUT2D eigenvalue weighted by Crippen LogP contribution is -2.49. The number of urea groups is 1. The molecule has 152 valence electrons. The molecular weight excluding hydrogens is 384 g/mol. The zero-order chi connectivity index (χ0) is 21.3. The van der Waals surface area contributed by atoms with Crippen LogP contribution in [0.2, 0.25) is 0 Å². The zero-order valence-electron chi connectivity index (χ0n) is 16.5. The maximum atomic E-state index is 12.8.